The van der Waals surface area contributed by atoms with Crippen molar-refractivity contribution in [1.29, 1.82) is 0 Å². The van der Waals surface area contributed by atoms with Crippen molar-refractivity contribution in [1.82, 2.24) is 10.2 Å². The second-order valence-electron chi connectivity index (χ2n) is 7.26. The summed E-state index contributed by atoms with van der Waals surface area (Å²) in [7, 11) is 0. The highest BCUT2D eigenvalue weighted by Gasteiger charge is 2.29. The van der Waals surface area contributed by atoms with Gasteiger partial charge in [0.05, 0.1) is 12.6 Å². The number of carbonyl (C=O) groups is 2. The van der Waals surface area contributed by atoms with E-state index in [-0.39, 0.29) is 23.9 Å². The van der Waals surface area contributed by atoms with Gasteiger partial charge < -0.3 is 20.7 Å². The number of hydrogen-bond donors (Lipinski definition) is 2. The van der Waals surface area contributed by atoms with E-state index < -0.39 is 0 Å². The number of fused-ring (bicyclic) bond motifs is 1. The number of likely N-dealkylation sites (tertiary alicyclic amines) is 1. The summed E-state index contributed by atoms with van der Waals surface area (Å²) in [6.45, 7) is 6.02. The third kappa shape index (κ3) is 4.06. The van der Waals surface area contributed by atoms with E-state index in [0.29, 0.717) is 19.6 Å². The summed E-state index contributed by atoms with van der Waals surface area (Å²) in [5.74, 6) is 0.771. The molecule has 6 heteroatoms. The van der Waals surface area contributed by atoms with Crippen molar-refractivity contribution in [2.45, 2.75) is 45.6 Å². The molecule has 2 atom stereocenters. The van der Waals surface area contributed by atoms with Gasteiger partial charge in [0, 0.05) is 31.5 Å². The van der Waals surface area contributed by atoms with Crippen LogP contribution in [0.15, 0.2) is 12.1 Å². The van der Waals surface area contributed by atoms with Gasteiger partial charge >= 0.3 is 6.03 Å². The van der Waals surface area contributed by atoms with Crippen molar-refractivity contribution >= 4 is 11.9 Å². The lowest BCUT2D eigenvalue weighted by Gasteiger charge is -2.35. The monoisotopic (exact) mass is 345 g/mol. The molecule has 2 aliphatic rings. The maximum Gasteiger partial charge on any atom is 0.317 e. The summed E-state index contributed by atoms with van der Waals surface area (Å²) in [5, 5.41) is 3.16. The molecule has 1 aromatic carbocycles. The molecule has 2 heterocycles. The van der Waals surface area contributed by atoms with Crippen LogP contribution in [0.3, 0.4) is 0 Å². The van der Waals surface area contributed by atoms with Crippen molar-refractivity contribution in [3.8, 4) is 5.75 Å². The predicted molar refractivity (Wildman–Crippen MR) is 95.4 cm³/mol. The average Bonchev–Trinajstić information content (AvgIpc) is 2.55. The minimum Gasteiger partial charge on any atom is -0.493 e. The molecule has 0 bridgehead atoms. The molecule has 1 aromatic rings. The van der Waals surface area contributed by atoms with Crippen LogP contribution in [0.5, 0.6) is 5.75 Å². The lowest BCUT2D eigenvalue weighted by atomic mass is 9.94. The Hall–Kier alpha value is -2.24. The molecule has 136 valence electrons. The SMILES string of the molecule is Cc1cc(C)c2c(c1)[C@@H](NC(=O)N1CCC[C@H](CC(N)=O)C1)CCO2. The molecule has 3 N–H and O–H groups in total. The van der Waals surface area contributed by atoms with Crippen LogP contribution >= 0.6 is 0 Å². The number of aryl methyl sites for hydroxylation is 2. The molecule has 2 aliphatic heterocycles. The van der Waals surface area contributed by atoms with Gasteiger partial charge in [-0.3, -0.25) is 4.79 Å². The fraction of sp³-hybridized carbons (Fsp3) is 0.579. The number of nitrogens with zero attached hydrogens (tertiary/aromatic N) is 1. The van der Waals surface area contributed by atoms with Gasteiger partial charge in [0.15, 0.2) is 0 Å². The average molecular weight is 345 g/mol. The van der Waals surface area contributed by atoms with Gasteiger partial charge in [0.2, 0.25) is 5.91 Å². The van der Waals surface area contributed by atoms with Crippen LogP contribution in [0.2, 0.25) is 0 Å². The number of urea groups is 1. The molecule has 25 heavy (non-hydrogen) atoms. The molecular weight excluding hydrogens is 318 g/mol. The van der Waals surface area contributed by atoms with Crippen LogP contribution in [0.1, 0.15) is 48.4 Å². The normalized spacial score (nSPS) is 22.7. The summed E-state index contributed by atoms with van der Waals surface area (Å²) >= 11 is 0. The first-order valence-corrected chi connectivity index (χ1v) is 9.01. The fourth-order valence-corrected chi connectivity index (χ4v) is 3.97. The van der Waals surface area contributed by atoms with Gasteiger partial charge in [-0.25, -0.2) is 4.79 Å². The number of nitrogens with two attached hydrogens (primary N) is 1. The van der Waals surface area contributed by atoms with Crippen LogP contribution in [0.4, 0.5) is 4.79 Å². The number of nitrogens with one attached hydrogen (secondary N) is 1. The summed E-state index contributed by atoms with van der Waals surface area (Å²) in [6, 6.07) is 4.10. The molecule has 1 fully saturated rings. The number of rotatable bonds is 3. The molecule has 0 radical (unpaired) electrons. The molecular formula is C19H27N3O3. The number of amides is 3. The van der Waals surface area contributed by atoms with E-state index in [9.17, 15) is 9.59 Å². The van der Waals surface area contributed by atoms with E-state index in [1.807, 2.05) is 11.8 Å². The molecule has 3 amide bonds. The lowest BCUT2D eigenvalue weighted by Crippen LogP contribution is -2.47. The van der Waals surface area contributed by atoms with E-state index in [1.165, 1.54) is 5.56 Å². The molecule has 1 saturated heterocycles. The van der Waals surface area contributed by atoms with Crippen LogP contribution in [-0.4, -0.2) is 36.5 Å². The quantitative estimate of drug-likeness (QED) is 0.882. The second kappa shape index (κ2) is 7.33. The van der Waals surface area contributed by atoms with E-state index in [1.54, 1.807) is 0 Å². The Kier molecular flexibility index (Phi) is 5.16. The Labute approximate surface area is 148 Å². The summed E-state index contributed by atoms with van der Waals surface area (Å²) in [4.78, 5) is 25.7. The number of primary amides is 1. The Balaban J connectivity index is 1.69. The highest BCUT2D eigenvalue weighted by atomic mass is 16.5. The van der Waals surface area contributed by atoms with E-state index >= 15 is 0 Å². The molecule has 6 nitrogen and oxygen atoms in total. The first kappa shape index (κ1) is 17.6. The fourth-order valence-electron chi connectivity index (χ4n) is 3.97. The zero-order chi connectivity index (χ0) is 18.0. The third-order valence-corrected chi connectivity index (χ3v) is 5.07. The Morgan fingerprint density at radius 2 is 2.12 bits per heavy atom. The minimum atomic E-state index is -0.295. The summed E-state index contributed by atoms with van der Waals surface area (Å²) in [6.07, 6.45) is 2.97. The number of carbonyl (C=O) groups excluding carboxylic acids is 2. The van der Waals surface area contributed by atoms with Crippen molar-refractivity contribution in [2.24, 2.45) is 11.7 Å². The van der Waals surface area contributed by atoms with Gasteiger partial charge in [-0.1, -0.05) is 17.7 Å². The first-order chi connectivity index (χ1) is 11.9. The molecule has 0 spiro atoms. The second-order valence-corrected chi connectivity index (χ2v) is 7.26. The Morgan fingerprint density at radius 3 is 2.88 bits per heavy atom. The highest BCUT2D eigenvalue weighted by molar-refractivity contribution is 5.76. The lowest BCUT2D eigenvalue weighted by molar-refractivity contribution is -0.119. The molecule has 0 unspecified atom stereocenters. The van der Waals surface area contributed by atoms with E-state index in [2.05, 4.69) is 24.4 Å². The maximum atomic E-state index is 12.7. The van der Waals surface area contributed by atoms with Gasteiger partial charge in [0.25, 0.3) is 0 Å². The number of piperidine rings is 1. The predicted octanol–water partition coefficient (Wildman–Crippen LogP) is 2.42. The smallest absolute Gasteiger partial charge is 0.317 e. The van der Waals surface area contributed by atoms with Gasteiger partial charge in [-0.15, -0.1) is 0 Å². The van der Waals surface area contributed by atoms with Crippen LogP contribution in [-0.2, 0) is 4.79 Å². The van der Waals surface area contributed by atoms with E-state index in [0.717, 1.165) is 42.7 Å². The zero-order valence-electron chi connectivity index (χ0n) is 15.0. The Morgan fingerprint density at radius 1 is 1.32 bits per heavy atom. The summed E-state index contributed by atoms with van der Waals surface area (Å²) in [5.41, 5.74) is 8.63. The minimum absolute atomic E-state index is 0.0358. The van der Waals surface area contributed by atoms with Gasteiger partial charge in [-0.2, -0.15) is 0 Å². The maximum absolute atomic E-state index is 12.7. The van der Waals surface area contributed by atoms with Crippen LogP contribution in [0, 0.1) is 19.8 Å². The highest BCUT2D eigenvalue weighted by Crippen LogP contribution is 2.36. The molecule has 0 saturated carbocycles. The van der Waals surface area contributed by atoms with Crippen molar-refractivity contribution in [2.75, 3.05) is 19.7 Å². The summed E-state index contributed by atoms with van der Waals surface area (Å²) < 4.78 is 5.81. The van der Waals surface area contributed by atoms with Crippen molar-refractivity contribution in [3.05, 3.63) is 28.8 Å². The first-order valence-electron chi connectivity index (χ1n) is 9.01. The van der Waals surface area contributed by atoms with E-state index in [4.69, 9.17) is 10.5 Å². The van der Waals surface area contributed by atoms with Crippen LogP contribution in [0.25, 0.3) is 0 Å². The van der Waals surface area contributed by atoms with Crippen molar-refractivity contribution in [3.63, 3.8) is 0 Å². The molecule has 3 rings (SSSR count). The van der Waals surface area contributed by atoms with Gasteiger partial charge in [-0.05, 0) is 38.2 Å². The molecule has 0 aromatic heterocycles. The third-order valence-electron chi connectivity index (χ3n) is 5.07. The van der Waals surface area contributed by atoms with Gasteiger partial charge in [0.1, 0.15) is 5.75 Å². The zero-order valence-corrected chi connectivity index (χ0v) is 15.0. The molecule has 0 aliphatic carbocycles. The topological polar surface area (TPSA) is 84.7 Å². The number of ether oxygens (including phenoxy) is 1. The standard InChI is InChI=1S/C19H27N3O3/c1-12-8-13(2)18-15(9-12)16(5-7-25-18)21-19(24)22-6-3-4-14(11-22)10-17(20)23/h8-9,14,16H,3-7,10-11H2,1-2H3,(H2,20,23)(H,21,24)/t14-,16+/m1/s1. The van der Waals surface area contributed by atoms with Crippen molar-refractivity contribution < 1.29 is 14.3 Å². The number of hydrogen-bond acceptors (Lipinski definition) is 3. The van der Waals surface area contributed by atoms with Crippen LogP contribution < -0.4 is 15.8 Å². The largest absolute Gasteiger partial charge is 0.493 e. The number of benzene rings is 1. The Bertz CT molecular complexity index is 674.